The van der Waals surface area contributed by atoms with Gasteiger partial charge >= 0.3 is 17.9 Å². The quantitative estimate of drug-likeness (QED) is 0.263. The van der Waals surface area contributed by atoms with Crippen molar-refractivity contribution >= 4 is 17.9 Å². The molecule has 11 heteroatoms. The molecule has 0 spiro atoms. The molecule has 1 heterocycles. The van der Waals surface area contributed by atoms with Crippen molar-refractivity contribution in [2.24, 2.45) is 0 Å². The fourth-order valence-corrected chi connectivity index (χ4v) is 2.00. The van der Waals surface area contributed by atoms with Gasteiger partial charge in [-0.25, -0.2) is 14.4 Å². The van der Waals surface area contributed by atoms with Gasteiger partial charge in [0.15, 0.2) is 29.5 Å². The molecule has 1 fully saturated rings. The highest BCUT2D eigenvalue weighted by Crippen LogP contribution is 2.35. The third kappa shape index (κ3) is 3.02. The molecular weight excluding hydrogens is 332 g/mol. The van der Waals surface area contributed by atoms with Gasteiger partial charge in [0.1, 0.15) is 6.10 Å². The summed E-state index contributed by atoms with van der Waals surface area (Å²) in [4.78, 5) is 34.3. The molecule has 130 valence electrons. The topological polar surface area (TPSA) is 191 Å². The maximum absolute atomic E-state index is 11.9. The smallest absolute Gasteiger partial charge is 0.349 e. The third-order valence-corrected chi connectivity index (χ3v) is 3.23. The van der Waals surface area contributed by atoms with E-state index in [-0.39, 0.29) is 0 Å². The molecule has 1 aromatic rings. The summed E-state index contributed by atoms with van der Waals surface area (Å²) in [5.74, 6) is -7.05. The number of ether oxygens (including phenoxy) is 2. The number of benzene rings is 1. The van der Waals surface area contributed by atoms with Crippen LogP contribution in [0.3, 0.4) is 0 Å². The summed E-state index contributed by atoms with van der Waals surface area (Å²) in [6, 6.07) is 1.39. The van der Waals surface area contributed by atoms with Crippen LogP contribution in [0, 0.1) is 0 Å². The van der Waals surface area contributed by atoms with Crippen molar-refractivity contribution in [3.05, 3.63) is 17.7 Å². The average molecular weight is 344 g/mol. The number of hydrogen-bond donors (Lipinski definition) is 6. The Morgan fingerprint density at radius 1 is 1.12 bits per heavy atom. The van der Waals surface area contributed by atoms with Crippen LogP contribution in [0.25, 0.3) is 0 Å². The molecule has 0 bridgehead atoms. The number of cyclic esters (lactones) is 1. The standard InChI is InChI=1S/C13H12O11/c14-4-1-3(2-5(15)6(4)16)12(21)24-10(11(19)20)9-7(17)8(18)13(22)23-9/h1-2,7-10,14-18H,(H,19,20)/t7-,8-,9-,10+/m0/s1. The summed E-state index contributed by atoms with van der Waals surface area (Å²) in [7, 11) is 0. The Hall–Kier alpha value is -3.05. The van der Waals surface area contributed by atoms with Crippen LogP contribution in [-0.2, 0) is 19.1 Å². The van der Waals surface area contributed by atoms with Crippen molar-refractivity contribution in [2.75, 3.05) is 0 Å². The summed E-state index contributed by atoms with van der Waals surface area (Å²) in [5, 5.41) is 55.8. The second kappa shape index (κ2) is 6.22. The lowest BCUT2D eigenvalue weighted by Gasteiger charge is -2.21. The van der Waals surface area contributed by atoms with E-state index in [0.717, 1.165) is 0 Å². The lowest BCUT2D eigenvalue weighted by atomic mass is 10.1. The average Bonchev–Trinajstić information content (AvgIpc) is 2.76. The molecule has 0 saturated carbocycles. The zero-order chi connectivity index (χ0) is 18.2. The molecule has 1 aliphatic heterocycles. The zero-order valence-corrected chi connectivity index (χ0v) is 11.7. The van der Waals surface area contributed by atoms with Crippen molar-refractivity contribution in [1.82, 2.24) is 0 Å². The molecule has 11 nitrogen and oxygen atoms in total. The van der Waals surface area contributed by atoms with Gasteiger partial charge in [0.25, 0.3) is 0 Å². The first kappa shape index (κ1) is 17.3. The summed E-state index contributed by atoms with van der Waals surface area (Å²) in [6.45, 7) is 0. The molecule has 24 heavy (non-hydrogen) atoms. The summed E-state index contributed by atoms with van der Waals surface area (Å²) < 4.78 is 9.09. The lowest BCUT2D eigenvalue weighted by Crippen LogP contribution is -2.45. The van der Waals surface area contributed by atoms with Crippen LogP contribution >= 0.6 is 0 Å². The third-order valence-electron chi connectivity index (χ3n) is 3.23. The van der Waals surface area contributed by atoms with Crippen molar-refractivity contribution in [1.29, 1.82) is 0 Å². The fourth-order valence-electron chi connectivity index (χ4n) is 2.00. The Labute approximate surface area is 132 Å². The molecule has 1 saturated heterocycles. The van der Waals surface area contributed by atoms with Crippen molar-refractivity contribution in [3.8, 4) is 17.2 Å². The maximum atomic E-state index is 11.9. The minimum absolute atomic E-state index is 0.520. The molecule has 0 aromatic heterocycles. The molecule has 0 unspecified atom stereocenters. The maximum Gasteiger partial charge on any atom is 0.349 e. The Kier molecular flexibility index (Phi) is 4.48. The first-order valence-electron chi connectivity index (χ1n) is 6.38. The molecule has 4 atom stereocenters. The van der Waals surface area contributed by atoms with Crippen LogP contribution in [0.1, 0.15) is 10.4 Å². The minimum atomic E-state index is -2.16. The van der Waals surface area contributed by atoms with Crippen LogP contribution < -0.4 is 0 Å². The van der Waals surface area contributed by atoms with E-state index in [1.165, 1.54) is 0 Å². The van der Waals surface area contributed by atoms with E-state index < -0.39 is 65.1 Å². The number of esters is 2. The van der Waals surface area contributed by atoms with Crippen LogP contribution in [-0.4, -0.2) is 73.0 Å². The number of carboxylic acid groups (broad SMARTS) is 1. The van der Waals surface area contributed by atoms with Crippen LogP contribution in [0.4, 0.5) is 0 Å². The summed E-state index contributed by atoms with van der Waals surface area (Å²) >= 11 is 0. The van der Waals surface area contributed by atoms with Gasteiger partial charge in [0.2, 0.25) is 6.10 Å². The Morgan fingerprint density at radius 3 is 2.08 bits per heavy atom. The molecule has 6 N–H and O–H groups in total. The molecular formula is C13H12O11. The van der Waals surface area contributed by atoms with Crippen molar-refractivity contribution < 1.29 is 54.5 Å². The van der Waals surface area contributed by atoms with Gasteiger partial charge in [0.05, 0.1) is 5.56 Å². The summed E-state index contributed by atoms with van der Waals surface area (Å²) in [6.07, 6.45) is -7.94. The Morgan fingerprint density at radius 2 is 1.67 bits per heavy atom. The highest BCUT2D eigenvalue weighted by atomic mass is 16.6. The predicted molar refractivity (Wildman–Crippen MR) is 70.2 cm³/mol. The number of carbonyl (C=O) groups excluding carboxylic acids is 2. The number of aliphatic hydroxyl groups is 2. The first-order chi connectivity index (χ1) is 11.1. The molecule has 2 rings (SSSR count). The molecule has 1 aromatic carbocycles. The van der Waals surface area contributed by atoms with Crippen LogP contribution in [0.15, 0.2) is 12.1 Å². The fraction of sp³-hybridized carbons (Fsp3) is 0.308. The number of hydrogen-bond acceptors (Lipinski definition) is 10. The van der Waals surface area contributed by atoms with E-state index >= 15 is 0 Å². The summed E-state index contributed by atoms with van der Waals surface area (Å²) in [5.41, 5.74) is -0.520. The second-order valence-electron chi connectivity index (χ2n) is 4.86. The van der Waals surface area contributed by atoms with Gasteiger partial charge in [-0.2, -0.15) is 0 Å². The van der Waals surface area contributed by atoms with E-state index in [1.807, 2.05) is 0 Å². The monoisotopic (exact) mass is 344 g/mol. The van der Waals surface area contributed by atoms with E-state index in [2.05, 4.69) is 9.47 Å². The van der Waals surface area contributed by atoms with E-state index in [1.54, 1.807) is 0 Å². The zero-order valence-electron chi connectivity index (χ0n) is 11.7. The number of phenols is 3. The number of aliphatic hydroxyl groups excluding tert-OH is 2. The van der Waals surface area contributed by atoms with Crippen molar-refractivity contribution in [2.45, 2.75) is 24.4 Å². The molecule has 0 aliphatic carbocycles. The number of carboxylic acids is 1. The number of carbonyl (C=O) groups is 3. The van der Waals surface area contributed by atoms with E-state index in [4.69, 9.17) is 5.11 Å². The highest BCUT2D eigenvalue weighted by molar-refractivity contribution is 5.93. The van der Waals surface area contributed by atoms with Gasteiger partial charge in [0, 0.05) is 0 Å². The van der Waals surface area contributed by atoms with Gasteiger partial charge in [-0.1, -0.05) is 0 Å². The van der Waals surface area contributed by atoms with Gasteiger partial charge in [-0.3, -0.25) is 0 Å². The predicted octanol–water partition coefficient (Wildman–Crippen LogP) is -1.94. The molecule has 1 aliphatic rings. The highest BCUT2D eigenvalue weighted by Gasteiger charge is 2.50. The number of aromatic hydroxyl groups is 3. The Balaban J connectivity index is 2.24. The Bertz CT molecular complexity index is 674. The largest absolute Gasteiger partial charge is 0.504 e. The van der Waals surface area contributed by atoms with Crippen molar-refractivity contribution in [3.63, 3.8) is 0 Å². The van der Waals surface area contributed by atoms with Gasteiger partial charge in [-0.05, 0) is 12.1 Å². The van der Waals surface area contributed by atoms with E-state index in [9.17, 15) is 39.9 Å². The number of aliphatic carboxylic acids is 1. The first-order valence-corrected chi connectivity index (χ1v) is 6.38. The number of phenolic OH excluding ortho intramolecular Hbond substituents is 3. The van der Waals surface area contributed by atoms with Gasteiger partial charge in [-0.15, -0.1) is 0 Å². The molecule has 0 radical (unpaired) electrons. The van der Waals surface area contributed by atoms with E-state index in [0.29, 0.717) is 12.1 Å². The normalized spacial score (nSPS) is 24.2. The lowest BCUT2D eigenvalue weighted by molar-refractivity contribution is -0.162. The van der Waals surface area contributed by atoms with Gasteiger partial charge < -0.3 is 40.1 Å². The van der Waals surface area contributed by atoms with Crippen LogP contribution in [0.5, 0.6) is 17.2 Å². The minimum Gasteiger partial charge on any atom is -0.504 e. The SMILES string of the molecule is O=C(O[C@@H](C(=O)O)[C@H]1OC(=O)[C@@H](O)[C@@H]1O)c1cc(O)c(O)c(O)c1. The van der Waals surface area contributed by atoms with Crippen LogP contribution in [0.2, 0.25) is 0 Å². The second-order valence-corrected chi connectivity index (χ2v) is 4.86. The molecule has 0 amide bonds. The number of rotatable bonds is 4.